The Labute approximate surface area is 127 Å². The molecule has 0 radical (unpaired) electrons. The summed E-state index contributed by atoms with van der Waals surface area (Å²) in [6.45, 7) is 11.6. The van der Waals surface area contributed by atoms with Crippen molar-refractivity contribution < 1.29 is 4.74 Å². The van der Waals surface area contributed by atoms with Gasteiger partial charge < -0.3 is 15.0 Å². The number of hydrogen-bond acceptors (Lipinski definition) is 4. The van der Waals surface area contributed by atoms with Gasteiger partial charge in [0.1, 0.15) is 0 Å². The Morgan fingerprint density at radius 1 is 1.30 bits per heavy atom. The predicted molar refractivity (Wildman–Crippen MR) is 86.4 cm³/mol. The van der Waals surface area contributed by atoms with Crippen molar-refractivity contribution in [2.45, 2.75) is 46.3 Å². The number of rotatable bonds is 8. The molecule has 1 aliphatic heterocycles. The van der Waals surface area contributed by atoms with Crippen LogP contribution in [0.5, 0.6) is 0 Å². The summed E-state index contributed by atoms with van der Waals surface area (Å²) >= 11 is 1.89. The van der Waals surface area contributed by atoms with Gasteiger partial charge in [-0.2, -0.15) is 0 Å². The predicted octanol–water partition coefficient (Wildman–Crippen LogP) is 3.17. The van der Waals surface area contributed by atoms with E-state index in [9.17, 15) is 0 Å². The molecule has 2 rings (SSSR count). The van der Waals surface area contributed by atoms with E-state index in [1.807, 2.05) is 11.3 Å². The molecule has 2 heterocycles. The van der Waals surface area contributed by atoms with E-state index < -0.39 is 0 Å². The van der Waals surface area contributed by atoms with Crippen LogP contribution in [0.2, 0.25) is 0 Å². The molecule has 114 valence electrons. The summed E-state index contributed by atoms with van der Waals surface area (Å²) in [5.74, 6) is 0. The molecule has 20 heavy (non-hydrogen) atoms. The summed E-state index contributed by atoms with van der Waals surface area (Å²) in [4.78, 5) is 5.34. The van der Waals surface area contributed by atoms with Crippen LogP contribution in [0.1, 0.15) is 41.5 Å². The van der Waals surface area contributed by atoms with E-state index in [0.29, 0.717) is 0 Å². The van der Waals surface area contributed by atoms with Crippen molar-refractivity contribution >= 4 is 11.3 Å². The van der Waals surface area contributed by atoms with Crippen molar-refractivity contribution in [2.24, 2.45) is 0 Å². The third-order valence-corrected chi connectivity index (χ3v) is 4.97. The highest BCUT2D eigenvalue weighted by atomic mass is 32.1. The first-order chi connectivity index (χ1) is 9.79. The number of piperidine rings is 1. The number of nitrogens with one attached hydrogen (secondary N) is 1. The highest BCUT2D eigenvalue weighted by Gasteiger charge is 2.10. The van der Waals surface area contributed by atoms with Crippen LogP contribution in [0.25, 0.3) is 0 Å². The van der Waals surface area contributed by atoms with Crippen LogP contribution in [0.3, 0.4) is 0 Å². The van der Waals surface area contributed by atoms with Gasteiger partial charge in [-0.3, -0.25) is 0 Å². The molecule has 1 N–H and O–H groups in total. The van der Waals surface area contributed by atoms with Crippen LogP contribution in [-0.2, 0) is 17.9 Å². The lowest BCUT2D eigenvalue weighted by atomic mass is 10.1. The summed E-state index contributed by atoms with van der Waals surface area (Å²) < 4.78 is 5.87. The number of thiophene rings is 1. The van der Waals surface area contributed by atoms with E-state index in [1.165, 1.54) is 47.7 Å². The fourth-order valence-electron chi connectivity index (χ4n) is 2.63. The van der Waals surface area contributed by atoms with Gasteiger partial charge in [0.15, 0.2) is 0 Å². The first kappa shape index (κ1) is 16.0. The standard InChI is InChI=1S/C16H28N2OS/c1-3-17-12-16-11-15(14(2)20-16)13-19-10-9-18-7-5-4-6-8-18/h11,17H,3-10,12-13H2,1-2H3. The van der Waals surface area contributed by atoms with Crippen molar-refractivity contribution in [3.8, 4) is 0 Å². The molecule has 4 heteroatoms. The van der Waals surface area contributed by atoms with E-state index in [0.717, 1.165) is 32.8 Å². The fourth-order valence-corrected chi connectivity index (χ4v) is 3.64. The molecule has 1 aromatic heterocycles. The monoisotopic (exact) mass is 296 g/mol. The van der Waals surface area contributed by atoms with Crippen molar-refractivity contribution in [3.63, 3.8) is 0 Å². The molecule has 0 aliphatic carbocycles. The molecular formula is C16H28N2OS. The molecule has 0 bridgehead atoms. The molecule has 1 fully saturated rings. The Bertz CT molecular complexity index is 386. The molecule has 1 aliphatic rings. The maximum atomic E-state index is 5.87. The molecule has 0 amide bonds. The minimum absolute atomic E-state index is 0.766. The van der Waals surface area contributed by atoms with Crippen LogP contribution in [0.15, 0.2) is 6.07 Å². The molecule has 3 nitrogen and oxygen atoms in total. The van der Waals surface area contributed by atoms with Crippen molar-refractivity contribution in [3.05, 3.63) is 21.4 Å². The average molecular weight is 296 g/mol. The van der Waals surface area contributed by atoms with Crippen LogP contribution in [0, 0.1) is 6.92 Å². The Morgan fingerprint density at radius 3 is 2.85 bits per heavy atom. The van der Waals surface area contributed by atoms with Crippen molar-refractivity contribution in [1.29, 1.82) is 0 Å². The van der Waals surface area contributed by atoms with E-state index >= 15 is 0 Å². The van der Waals surface area contributed by atoms with E-state index in [-0.39, 0.29) is 0 Å². The topological polar surface area (TPSA) is 24.5 Å². The van der Waals surface area contributed by atoms with Crippen LogP contribution >= 0.6 is 11.3 Å². The molecule has 0 atom stereocenters. The Balaban J connectivity index is 1.66. The van der Waals surface area contributed by atoms with Gasteiger partial charge in [-0.25, -0.2) is 0 Å². The zero-order valence-electron chi connectivity index (χ0n) is 12.9. The van der Waals surface area contributed by atoms with Crippen molar-refractivity contribution in [2.75, 3.05) is 32.8 Å². The summed E-state index contributed by atoms with van der Waals surface area (Å²) in [5.41, 5.74) is 1.36. The summed E-state index contributed by atoms with van der Waals surface area (Å²) in [6, 6.07) is 2.30. The second-order valence-corrected chi connectivity index (χ2v) is 6.87. The minimum Gasteiger partial charge on any atom is -0.375 e. The summed E-state index contributed by atoms with van der Waals surface area (Å²) in [6.07, 6.45) is 4.12. The molecule has 0 aromatic carbocycles. The van der Waals surface area contributed by atoms with Gasteiger partial charge in [0.25, 0.3) is 0 Å². The Kier molecular flexibility index (Phi) is 7.00. The first-order valence-corrected chi connectivity index (χ1v) is 8.70. The minimum atomic E-state index is 0.766. The zero-order chi connectivity index (χ0) is 14.2. The lowest BCUT2D eigenvalue weighted by molar-refractivity contribution is 0.0862. The van der Waals surface area contributed by atoms with Crippen LogP contribution in [0.4, 0.5) is 0 Å². The van der Waals surface area contributed by atoms with Gasteiger partial charge in [0.05, 0.1) is 13.2 Å². The maximum absolute atomic E-state index is 5.87. The molecule has 1 aromatic rings. The average Bonchev–Trinajstić information content (AvgIpc) is 2.83. The number of ether oxygens (including phenoxy) is 1. The van der Waals surface area contributed by atoms with E-state index in [1.54, 1.807) is 0 Å². The van der Waals surface area contributed by atoms with E-state index in [4.69, 9.17) is 4.74 Å². The van der Waals surface area contributed by atoms with Gasteiger partial charge in [-0.15, -0.1) is 11.3 Å². The molecule has 0 saturated carbocycles. The molecule has 0 unspecified atom stereocenters. The Hall–Kier alpha value is -0.420. The van der Waals surface area contributed by atoms with Gasteiger partial charge in [-0.05, 0) is 51.0 Å². The summed E-state index contributed by atoms with van der Waals surface area (Å²) in [7, 11) is 0. The number of likely N-dealkylation sites (tertiary alicyclic amines) is 1. The number of hydrogen-bond donors (Lipinski definition) is 1. The normalized spacial score (nSPS) is 16.7. The highest BCUT2D eigenvalue weighted by molar-refractivity contribution is 7.12. The SMILES string of the molecule is CCNCc1cc(COCCN2CCCCC2)c(C)s1. The number of nitrogens with zero attached hydrogens (tertiary/aromatic N) is 1. The second-order valence-electron chi connectivity index (χ2n) is 5.53. The van der Waals surface area contributed by atoms with E-state index in [2.05, 4.69) is 30.1 Å². The smallest absolute Gasteiger partial charge is 0.0728 e. The third-order valence-electron chi connectivity index (χ3n) is 3.88. The largest absolute Gasteiger partial charge is 0.375 e. The lowest BCUT2D eigenvalue weighted by Gasteiger charge is -2.26. The molecule has 0 spiro atoms. The van der Waals surface area contributed by atoms with Gasteiger partial charge in [-0.1, -0.05) is 13.3 Å². The molecular weight excluding hydrogens is 268 g/mol. The zero-order valence-corrected chi connectivity index (χ0v) is 13.7. The van der Waals surface area contributed by atoms with Gasteiger partial charge >= 0.3 is 0 Å². The second kappa shape index (κ2) is 8.78. The van der Waals surface area contributed by atoms with Gasteiger partial charge in [0.2, 0.25) is 0 Å². The van der Waals surface area contributed by atoms with Crippen molar-refractivity contribution in [1.82, 2.24) is 10.2 Å². The fraction of sp³-hybridized carbons (Fsp3) is 0.750. The first-order valence-electron chi connectivity index (χ1n) is 7.88. The lowest BCUT2D eigenvalue weighted by Crippen LogP contribution is -2.32. The quantitative estimate of drug-likeness (QED) is 0.746. The molecule has 1 saturated heterocycles. The maximum Gasteiger partial charge on any atom is 0.0728 e. The summed E-state index contributed by atoms with van der Waals surface area (Å²) in [5, 5.41) is 3.38. The van der Waals surface area contributed by atoms with Crippen LogP contribution in [-0.4, -0.2) is 37.7 Å². The Morgan fingerprint density at radius 2 is 2.10 bits per heavy atom. The third kappa shape index (κ3) is 5.17. The van der Waals surface area contributed by atoms with Crippen LogP contribution < -0.4 is 5.32 Å². The highest BCUT2D eigenvalue weighted by Crippen LogP contribution is 2.22. The number of aryl methyl sites for hydroxylation is 1. The van der Waals surface area contributed by atoms with Gasteiger partial charge in [0, 0.05) is 22.8 Å².